The molecule has 3 aromatic carbocycles. The zero-order valence-electron chi connectivity index (χ0n) is 17.0. The van der Waals surface area contributed by atoms with E-state index >= 15 is 0 Å². The fourth-order valence-corrected chi connectivity index (χ4v) is 4.44. The van der Waals surface area contributed by atoms with E-state index in [1.54, 1.807) is 28.8 Å². The van der Waals surface area contributed by atoms with Crippen LogP contribution in [0.15, 0.2) is 66.7 Å². The predicted molar refractivity (Wildman–Crippen MR) is 133 cm³/mol. The molecule has 0 bridgehead atoms. The van der Waals surface area contributed by atoms with Gasteiger partial charge < -0.3 is 11.1 Å². The average Bonchev–Trinajstić information content (AvgIpc) is 3.06. The van der Waals surface area contributed by atoms with E-state index in [0.29, 0.717) is 43.0 Å². The number of aromatic nitrogens is 3. The summed E-state index contributed by atoms with van der Waals surface area (Å²) in [6, 6.07) is 19.7. The third-order valence-electron chi connectivity index (χ3n) is 5.23. The molecule has 0 spiro atoms. The first-order chi connectivity index (χ1) is 15.9. The van der Waals surface area contributed by atoms with Crippen LogP contribution in [0.4, 0.5) is 5.82 Å². The van der Waals surface area contributed by atoms with Crippen molar-refractivity contribution in [3.63, 3.8) is 0 Å². The van der Waals surface area contributed by atoms with Gasteiger partial charge in [-0.3, -0.25) is 9.36 Å². The van der Waals surface area contributed by atoms with Crippen LogP contribution in [-0.4, -0.2) is 20.4 Å². The van der Waals surface area contributed by atoms with Crippen LogP contribution in [0.3, 0.4) is 0 Å². The minimum Gasteiger partial charge on any atom is -0.384 e. The third kappa shape index (κ3) is 3.97. The molecule has 5 aromatic rings. The number of hydrogen-bond donors (Lipinski definition) is 2. The van der Waals surface area contributed by atoms with Crippen LogP contribution in [-0.2, 0) is 6.54 Å². The topological polar surface area (TPSA) is 85.8 Å². The van der Waals surface area contributed by atoms with E-state index in [4.69, 9.17) is 50.5 Å². The van der Waals surface area contributed by atoms with E-state index in [1.165, 1.54) is 0 Å². The Bertz CT molecular complexity index is 1530. The number of nitrogens with one attached hydrogen (secondary N) is 1. The lowest BCUT2D eigenvalue weighted by molar-refractivity contribution is 0.0953. The molecule has 0 fully saturated rings. The third-order valence-corrected chi connectivity index (χ3v) is 6.03. The molecule has 5 rings (SSSR count). The van der Waals surface area contributed by atoms with Crippen LogP contribution < -0.4 is 11.1 Å². The Labute approximate surface area is 203 Å². The number of benzene rings is 3. The number of para-hydroxylation sites is 2. The quantitative estimate of drug-likeness (QED) is 0.317. The van der Waals surface area contributed by atoms with Crippen molar-refractivity contribution in [3.8, 4) is 5.69 Å². The Balaban J connectivity index is 1.69. The standard InChI is InChI=1S/C24H16Cl3N5O/c25-14-9-15(26)11-16(10-14)32-22(28)20(24(33)29-12-13-5-1-2-6-17(13)27)21-23(32)31-19-8-4-3-7-18(19)30-21/h1-11H,12,28H2,(H,29,33). The summed E-state index contributed by atoms with van der Waals surface area (Å²) >= 11 is 18.7. The molecule has 0 aliphatic heterocycles. The number of hydrogen-bond acceptors (Lipinski definition) is 4. The molecule has 0 atom stereocenters. The summed E-state index contributed by atoms with van der Waals surface area (Å²) < 4.78 is 1.64. The van der Waals surface area contributed by atoms with Gasteiger partial charge in [0.2, 0.25) is 0 Å². The maximum Gasteiger partial charge on any atom is 0.257 e. The second-order valence-corrected chi connectivity index (χ2v) is 8.66. The highest BCUT2D eigenvalue weighted by Gasteiger charge is 2.25. The molecular weight excluding hydrogens is 481 g/mol. The number of anilines is 1. The minimum absolute atomic E-state index is 0.176. The first-order valence-electron chi connectivity index (χ1n) is 9.97. The zero-order valence-corrected chi connectivity index (χ0v) is 19.3. The van der Waals surface area contributed by atoms with Gasteiger partial charge in [-0.05, 0) is 42.0 Å². The van der Waals surface area contributed by atoms with Crippen molar-refractivity contribution >= 4 is 68.7 Å². The number of carbonyl (C=O) groups excluding carboxylic acids is 1. The van der Waals surface area contributed by atoms with Crippen molar-refractivity contribution < 1.29 is 4.79 Å². The molecule has 0 radical (unpaired) electrons. The van der Waals surface area contributed by atoms with Gasteiger partial charge in [0.15, 0.2) is 5.65 Å². The summed E-state index contributed by atoms with van der Waals surface area (Å²) in [6.45, 7) is 0.231. The van der Waals surface area contributed by atoms with Crippen LogP contribution in [0.5, 0.6) is 0 Å². The number of fused-ring (bicyclic) bond motifs is 2. The van der Waals surface area contributed by atoms with Crippen LogP contribution in [0, 0.1) is 0 Å². The number of carbonyl (C=O) groups is 1. The first-order valence-corrected chi connectivity index (χ1v) is 11.1. The van der Waals surface area contributed by atoms with Crippen molar-refractivity contribution in [1.29, 1.82) is 0 Å². The Morgan fingerprint density at radius 2 is 1.55 bits per heavy atom. The molecular formula is C24H16Cl3N5O. The van der Waals surface area contributed by atoms with E-state index in [9.17, 15) is 4.79 Å². The van der Waals surface area contributed by atoms with Crippen molar-refractivity contribution in [1.82, 2.24) is 19.9 Å². The van der Waals surface area contributed by atoms with E-state index < -0.39 is 5.91 Å². The molecule has 1 amide bonds. The van der Waals surface area contributed by atoms with Crippen molar-refractivity contribution in [2.75, 3.05) is 5.73 Å². The second-order valence-electron chi connectivity index (χ2n) is 7.38. The normalized spacial score (nSPS) is 11.2. The van der Waals surface area contributed by atoms with Crippen molar-refractivity contribution in [3.05, 3.63) is 92.9 Å². The molecule has 2 aromatic heterocycles. The summed E-state index contributed by atoms with van der Waals surface area (Å²) in [7, 11) is 0. The predicted octanol–water partition coefficient (Wildman–Crippen LogP) is 6.05. The number of rotatable bonds is 4. The fraction of sp³-hybridized carbons (Fsp3) is 0.0417. The van der Waals surface area contributed by atoms with E-state index in [1.807, 2.05) is 42.5 Å². The highest BCUT2D eigenvalue weighted by atomic mass is 35.5. The lowest BCUT2D eigenvalue weighted by Crippen LogP contribution is -2.24. The molecule has 2 heterocycles. The van der Waals surface area contributed by atoms with Gasteiger partial charge in [-0.2, -0.15) is 0 Å². The Hall–Kier alpha value is -3.32. The molecule has 9 heteroatoms. The molecule has 0 aliphatic carbocycles. The Morgan fingerprint density at radius 1 is 0.909 bits per heavy atom. The largest absolute Gasteiger partial charge is 0.384 e. The van der Waals surface area contributed by atoms with Gasteiger partial charge in [-0.25, -0.2) is 9.97 Å². The zero-order chi connectivity index (χ0) is 23.1. The first kappa shape index (κ1) is 21.5. The average molecular weight is 497 g/mol. The Morgan fingerprint density at radius 3 is 2.24 bits per heavy atom. The summed E-state index contributed by atoms with van der Waals surface area (Å²) in [5.74, 6) is -0.218. The van der Waals surface area contributed by atoms with Crippen molar-refractivity contribution in [2.45, 2.75) is 6.54 Å². The number of halogens is 3. The van der Waals surface area contributed by atoms with Gasteiger partial charge in [0, 0.05) is 21.6 Å². The molecule has 0 aliphatic rings. The molecule has 0 saturated carbocycles. The lowest BCUT2D eigenvalue weighted by Gasteiger charge is -2.10. The molecule has 6 nitrogen and oxygen atoms in total. The highest BCUT2D eigenvalue weighted by Crippen LogP contribution is 2.33. The summed E-state index contributed by atoms with van der Waals surface area (Å²) in [5.41, 5.74) is 10.2. The number of nitrogens with zero attached hydrogens (tertiary/aromatic N) is 3. The van der Waals surface area contributed by atoms with Gasteiger partial charge in [0.25, 0.3) is 5.91 Å². The van der Waals surface area contributed by atoms with E-state index in [-0.39, 0.29) is 17.9 Å². The maximum absolute atomic E-state index is 13.3. The van der Waals surface area contributed by atoms with Gasteiger partial charge >= 0.3 is 0 Å². The van der Waals surface area contributed by atoms with Crippen molar-refractivity contribution in [2.24, 2.45) is 0 Å². The van der Waals surface area contributed by atoms with Crippen LogP contribution >= 0.6 is 34.8 Å². The van der Waals surface area contributed by atoms with E-state index in [0.717, 1.165) is 5.56 Å². The number of nitrogen functional groups attached to an aromatic ring is 1. The Kier molecular flexibility index (Phi) is 5.58. The molecule has 0 saturated heterocycles. The highest BCUT2D eigenvalue weighted by molar-refractivity contribution is 6.35. The maximum atomic E-state index is 13.3. The minimum atomic E-state index is -0.395. The van der Waals surface area contributed by atoms with Gasteiger partial charge in [-0.1, -0.05) is 65.1 Å². The lowest BCUT2D eigenvalue weighted by atomic mass is 10.2. The molecule has 164 valence electrons. The van der Waals surface area contributed by atoms with Gasteiger partial charge in [-0.15, -0.1) is 0 Å². The fourth-order valence-electron chi connectivity index (χ4n) is 3.72. The molecule has 33 heavy (non-hydrogen) atoms. The monoisotopic (exact) mass is 495 g/mol. The number of nitrogens with two attached hydrogens (primary N) is 1. The SMILES string of the molecule is Nc1c(C(=O)NCc2ccccc2Cl)c2nc3ccccc3nc2n1-c1cc(Cl)cc(Cl)c1. The second kappa shape index (κ2) is 8.56. The molecule has 3 N–H and O–H groups in total. The summed E-state index contributed by atoms with van der Waals surface area (Å²) in [6.07, 6.45) is 0. The van der Waals surface area contributed by atoms with Crippen LogP contribution in [0.25, 0.3) is 27.9 Å². The summed E-state index contributed by atoms with van der Waals surface area (Å²) in [5, 5.41) is 4.31. The van der Waals surface area contributed by atoms with Crippen LogP contribution in [0.2, 0.25) is 15.1 Å². The molecule has 0 unspecified atom stereocenters. The van der Waals surface area contributed by atoms with E-state index in [2.05, 4.69) is 5.32 Å². The summed E-state index contributed by atoms with van der Waals surface area (Å²) in [4.78, 5) is 22.8. The van der Waals surface area contributed by atoms with Gasteiger partial charge in [0.1, 0.15) is 16.9 Å². The smallest absolute Gasteiger partial charge is 0.257 e. The number of amides is 1. The van der Waals surface area contributed by atoms with Gasteiger partial charge in [0.05, 0.1) is 16.7 Å². The van der Waals surface area contributed by atoms with Crippen LogP contribution in [0.1, 0.15) is 15.9 Å².